The molecule has 1 aromatic heterocycles. The van der Waals surface area contributed by atoms with Gasteiger partial charge in [0.25, 0.3) is 0 Å². The number of ether oxygens (including phenoxy) is 1. The average molecular weight is 256 g/mol. The van der Waals surface area contributed by atoms with Crippen LogP contribution < -0.4 is 0 Å². The number of benzene rings is 1. The first-order chi connectivity index (χ1) is 9.13. The van der Waals surface area contributed by atoms with Crippen LogP contribution in [-0.2, 0) is 4.74 Å². The summed E-state index contributed by atoms with van der Waals surface area (Å²) in [5.74, 6) is 0.250. The lowest BCUT2D eigenvalue weighted by molar-refractivity contribution is 0.0524. The molecule has 0 aliphatic rings. The fourth-order valence-corrected chi connectivity index (χ4v) is 1.83. The van der Waals surface area contributed by atoms with Gasteiger partial charge in [-0.1, -0.05) is 24.3 Å². The number of nitrogens with zero attached hydrogens (tertiary/aromatic N) is 2. The Hall–Kier alpha value is -2.23. The first-order valence-electron chi connectivity index (χ1n) is 6.20. The van der Waals surface area contributed by atoms with Crippen LogP contribution in [0.1, 0.15) is 28.5 Å². The number of esters is 1. The Bertz CT molecular complexity index is 609. The first kappa shape index (κ1) is 13.2. The molecule has 0 radical (unpaired) electrons. The zero-order valence-electron chi connectivity index (χ0n) is 11.3. The normalized spacial score (nSPS) is 10.3. The van der Waals surface area contributed by atoms with E-state index in [1.807, 2.05) is 31.2 Å². The van der Waals surface area contributed by atoms with E-state index < -0.39 is 0 Å². The highest BCUT2D eigenvalue weighted by Crippen LogP contribution is 2.20. The molecule has 2 rings (SSSR count). The molecule has 0 aliphatic heterocycles. The molecule has 0 fully saturated rings. The van der Waals surface area contributed by atoms with E-state index in [4.69, 9.17) is 4.74 Å². The Morgan fingerprint density at radius 3 is 2.63 bits per heavy atom. The number of hydrogen-bond donors (Lipinski definition) is 0. The van der Waals surface area contributed by atoms with Crippen LogP contribution in [0.4, 0.5) is 0 Å². The van der Waals surface area contributed by atoms with E-state index in [-0.39, 0.29) is 5.97 Å². The van der Waals surface area contributed by atoms with Gasteiger partial charge in [-0.05, 0) is 26.3 Å². The largest absolute Gasteiger partial charge is 0.462 e. The highest BCUT2D eigenvalue weighted by atomic mass is 16.5. The van der Waals surface area contributed by atoms with Crippen molar-refractivity contribution in [2.75, 3.05) is 6.61 Å². The fourth-order valence-electron chi connectivity index (χ4n) is 1.83. The van der Waals surface area contributed by atoms with Gasteiger partial charge in [0, 0.05) is 11.8 Å². The quantitative estimate of drug-likeness (QED) is 0.792. The Balaban J connectivity index is 2.39. The molecule has 0 unspecified atom stereocenters. The minimum Gasteiger partial charge on any atom is -0.462 e. The topological polar surface area (TPSA) is 52.1 Å². The molecular weight excluding hydrogens is 240 g/mol. The van der Waals surface area contributed by atoms with Crippen molar-refractivity contribution in [2.45, 2.75) is 20.8 Å². The molecule has 0 atom stereocenters. The molecule has 2 aromatic rings. The molecule has 1 aromatic carbocycles. The molecule has 0 bridgehead atoms. The van der Waals surface area contributed by atoms with Gasteiger partial charge in [0.2, 0.25) is 0 Å². The molecule has 4 heteroatoms. The van der Waals surface area contributed by atoms with Gasteiger partial charge in [-0.15, -0.1) is 0 Å². The lowest BCUT2D eigenvalue weighted by Crippen LogP contribution is -2.09. The molecule has 98 valence electrons. The van der Waals surface area contributed by atoms with E-state index in [0.717, 1.165) is 11.1 Å². The van der Waals surface area contributed by atoms with Crippen molar-refractivity contribution in [3.8, 4) is 11.4 Å². The third kappa shape index (κ3) is 2.78. The summed E-state index contributed by atoms with van der Waals surface area (Å²) in [6.07, 6.45) is 1.53. The molecule has 0 aliphatic carbocycles. The standard InChI is InChI=1S/C15H16N2O2/c1-4-19-15(18)13-9-16-14(17-11(13)3)12-8-6-5-7-10(12)2/h5-9H,4H2,1-3H3. The van der Waals surface area contributed by atoms with Crippen molar-refractivity contribution >= 4 is 5.97 Å². The summed E-state index contributed by atoms with van der Waals surface area (Å²) in [7, 11) is 0. The lowest BCUT2D eigenvalue weighted by Gasteiger charge is -2.08. The number of carbonyl (C=O) groups excluding carboxylic acids is 1. The molecule has 1 heterocycles. The zero-order chi connectivity index (χ0) is 13.8. The molecule has 0 saturated heterocycles. The van der Waals surface area contributed by atoms with E-state index in [2.05, 4.69) is 9.97 Å². The number of aromatic nitrogens is 2. The fraction of sp³-hybridized carbons (Fsp3) is 0.267. The zero-order valence-corrected chi connectivity index (χ0v) is 11.3. The van der Waals surface area contributed by atoms with Crippen LogP contribution in [0.5, 0.6) is 0 Å². The summed E-state index contributed by atoms with van der Waals surface area (Å²) < 4.78 is 4.96. The van der Waals surface area contributed by atoms with E-state index in [1.165, 1.54) is 6.20 Å². The van der Waals surface area contributed by atoms with Crippen molar-refractivity contribution in [1.29, 1.82) is 0 Å². The Morgan fingerprint density at radius 1 is 1.26 bits per heavy atom. The smallest absolute Gasteiger partial charge is 0.341 e. The summed E-state index contributed by atoms with van der Waals surface area (Å²) in [6.45, 7) is 5.91. The molecular formula is C15H16N2O2. The molecule has 4 nitrogen and oxygen atoms in total. The molecule has 0 spiro atoms. The van der Waals surface area contributed by atoms with Gasteiger partial charge < -0.3 is 4.74 Å². The third-order valence-corrected chi connectivity index (χ3v) is 2.86. The van der Waals surface area contributed by atoms with Crippen molar-refractivity contribution in [3.63, 3.8) is 0 Å². The van der Waals surface area contributed by atoms with Crippen molar-refractivity contribution in [1.82, 2.24) is 9.97 Å². The van der Waals surface area contributed by atoms with Gasteiger partial charge in [0.15, 0.2) is 5.82 Å². The summed E-state index contributed by atoms with van der Waals surface area (Å²) in [6, 6.07) is 7.89. The summed E-state index contributed by atoms with van der Waals surface area (Å²) >= 11 is 0. The van der Waals surface area contributed by atoms with Gasteiger partial charge in [-0.2, -0.15) is 0 Å². The van der Waals surface area contributed by atoms with Gasteiger partial charge in [-0.25, -0.2) is 14.8 Å². The molecule has 0 saturated carbocycles. The van der Waals surface area contributed by atoms with Crippen LogP contribution in [0.3, 0.4) is 0 Å². The molecule has 0 N–H and O–H groups in total. The average Bonchev–Trinajstić information content (AvgIpc) is 2.39. The van der Waals surface area contributed by atoms with Crippen LogP contribution in [0.2, 0.25) is 0 Å². The number of rotatable bonds is 3. The minimum absolute atomic E-state index is 0.345. The van der Waals surface area contributed by atoms with Crippen LogP contribution >= 0.6 is 0 Å². The maximum absolute atomic E-state index is 11.7. The molecule has 19 heavy (non-hydrogen) atoms. The highest BCUT2D eigenvalue weighted by Gasteiger charge is 2.13. The Morgan fingerprint density at radius 2 is 2.00 bits per heavy atom. The van der Waals surface area contributed by atoms with Gasteiger partial charge in [0.1, 0.15) is 0 Å². The summed E-state index contributed by atoms with van der Waals surface area (Å²) in [5, 5.41) is 0. The van der Waals surface area contributed by atoms with E-state index in [1.54, 1.807) is 13.8 Å². The van der Waals surface area contributed by atoms with E-state index in [0.29, 0.717) is 23.7 Å². The first-order valence-corrected chi connectivity index (χ1v) is 6.20. The maximum atomic E-state index is 11.7. The Kier molecular flexibility index (Phi) is 3.90. The maximum Gasteiger partial charge on any atom is 0.341 e. The van der Waals surface area contributed by atoms with Crippen LogP contribution in [0.25, 0.3) is 11.4 Å². The van der Waals surface area contributed by atoms with E-state index >= 15 is 0 Å². The van der Waals surface area contributed by atoms with Crippen molar-refractivity contribution < 1.29 is 9.53 Å². The van der Waals surface area contributed by atoms with Crippen molar-refractivity contribution in [2.24, 2.45) is 0 Å². The molecule has 0 amide bonds. The summed E-state index contributed by atoms with van der Waals surface area (Å²) in [5.41, 5.74) is 3.12. The van der Waals surface area contributed by atoms with Gasteiger partial charge in [0.05, 0.1) is 17.9 Å². The van der Waals surface area contributed by atoms with Gasteiger partial charge in [-0.3, -0.25) is 0 Å². The number of carbonyl (C=O) groups is 1. The Labute approximate surface area is 112 Å². The van der Waals surface area contributed by atoms with Crippen LogP contribution in [0.15, 0.2) is 30.5 Å². The lowest BCUT2D eigenvalue weighted by atomic mass is 10.1. The van der Waals surface area contributed by atoms with Crippen LogP contribution in [-0.4, -0.2) is 22.5 Å². The SMILES string of the molecule is CCOC(=O)c1cnc(-c2ccccc2C)nc1C. The predicted molar refractivity (Wildman–Crippen MR) is 72.9 cm³/mol. The minimum atomic E-state index is -0.378. The predicted octanol–water partition coefficient (Wildman–Crippen LogP) is 2.94. The second-order valence-corrected chi connectivity index (χ2v) is 4.23. The highest BCUT2D eigenvalue weighted by molar-refractivity contribution is 5.90. The second-order valence-electron chi connectivity index (χ2n) is 4.23. The number of aryl methyl sites for hydroxylation is 2. The van der Waals surface area contributed by atoms with Crippen molar-refractivity contribution in [3.05, 3.63) is 47.3 Å². The number of hydrogen-bond acceptors (Lipinski definition) is 4. The third-order valence-electron chi connectivity index (χ3n) is 2.86. The van der Waals surface area contributed by atoms with E-state index in [9.17, 15) is 4.79 Å². The monoisotopic (exact) mass is 256 g/mol. The van der Waals surface area contributed by atoms with Gasteiger partial charge >= 0.3 is 5.97 Å². The van der Waals surface area contributed by atoms with Crippen LogP contribution in [0, 0.1) is 13.8 Å². The summed E-state index contributed by atoms with van der Waals surface area (Å²) in [4.78, 5) is 20.3. The second kappa shape index (κ2) is 5.61.